The number of aromatic nitrogens is 2. The second-order valence-electron chi connectivity index (χ2n) is 5.64. The zero-order valence-corrected chi connectivity index (χ0v) is 14.3. The van der Waals surface area contributed by atoms with Gasteiger partial charge in [0.1, 0.15) is 0 Å². The number of imidazole rings is 1. The van der Waals surface area contributed by atoms with Gasteiger partial charge in [0, 0.05) is 5.69 Å². The summed E-state index contributed by atoms with van der Waals surface area (Å²) in [5, 5.41) is 3.92. The zero-order valence-electron chi connectivity index (χ0n) is 13.5. The maximum absolute atomic E-state index is 12.2. The molecule has 23 heavy (non-hydrogen) atoms. The van der Waals surface area contributed by atoms with Gasteiger partial charge in [-0.05, 0) is 61.0 Å². The van der Waals surface area contributed by atoms with Crippen molar-refractivity contribution in [2.45, 2.75) is 19.0 Å². The van der Waals surface area contributed by atoms with Crippen LogP contribution in [0.5, 0.6) is 0 Å². The SMILES string of the molecule is Cc1ccc(NC(=O)CSc2[nH]c3ccccc3[n+]2C)cc1C. The number of thioether (sulfide) groups is 1. The van der Waals surface area contributed by atoms with Crippen LogP contribution in [-0.2, 0) is 11.8 Å². The van der Waals surface area contributed by atoms with Gasteiger partial charge in [-0.25, -0.2) is 9.55 Å². The Labute approximate surface area is 139 Å². The third-order valence-corrected chi connectivity index (χ3v) is 5.00. The van der Waals surface area contributed by atoms with E-state index in [1.165, 1.54) is 22.9 Å². The molecular weight excluding hydrogens is 306 g/mol. The molecule has 0 spiro atoms. The van der Waals surface area contributed by atoms with Gasteiger partial charge in [-0.15, -0.1) is 0 Å². The predicted molar refractivity (Wildman–Crippen MR) is 94.7 cm³/mol. The highest BCUT2D eigenvalue weighted by molar-refractivity contribution is 7.99. The Hall–Kier alpha value is -2.27. The molecule has 3 aromatic rings. The molecule has 0 fully saturated rings. The van der Waals surface area contributed by atoms with Crippen molar-refractivity contribution in [2.24, 2.45) is 7.05 Å². The van der Waals surface area contributed by atoms with E-state index in [-0.39, 0.29) is 5.91 Å². The van der Waals surface area contributed by atoms with Crippen molar-refractivity contribution >= 4 is 34.4 Å². The van der Waals surface area contributed by atoms with Crippen molar-refractivity contribution in [2.75, 3.05) is 11.1 Å². The van der Waals surface area contributed by atoms with Crippen LogP contribution in [0.15, 0.2) is 47.6 Å². The second kappa shape index (κ2) is 6.46. The lowest BCUT2D eigenvalue weighted by Gasteiger charge is -2.06. The first kappa shape index (κ1) is 15.6. The van der Waals surface area contributed by atoms with Crippen LogP contribution in [0.1, 0.15) is 11.1 Å². The summed E-state index contributed by atoms with van der Waals surface area (Å²) < 4.78 is 2.07. The lowest BCUT2D eigenvalue weighted by Crippen LogP contribution is -2.29. The van der Waals surface area contributed by atoms with Gasteiger partial charge in [0.2, 0.25) is 5.91 Å². The topological polar surface area (TPSA) is 48.8 Å². The average molecular weight is 326 g/mol. The average Bonchev–Trinajstić information content (AvgIpc) is 2.86. The van der Waals surface area contributed by atoms with Crippen molar-refractivity contribution in [1.82, 2.24) is 4.98 Å². The van der Waals surface area contributed by atoms with Crippen LogP contribution in [-0.4, -0.2) is 16.6 Å². The summed E-state index contributed by atoms with van der Waals surface area (Å²) in [7, 11) is 2.00. The molecule has 0 atom stereocenters. The molecule has 5 heteroatoms. The number of hydrogen-bond donors (Lipinski definition) is 2. The summed E-state index contributed by atoms with van der Waals surface area (Å²) >= 11 is 1.50. The van der Waals surface area contributed by atoms with Gasteiger partial charge in [-0.2, -0.15) is 0 Å². The Morgan fingerprint density at radius 2 is 1.96 bits per heavy atom. The highest BCUT2D eigenvalue weighted by atomic mass is 32.2. The van der Waals surface area contributed by atoms with Gasteiger partial charge in [-0.3, -0.25) is 4.79 Å². The number of aryl methyl sites for hydroxylation is 3. The van der Waals surface area contributed by atoms with E-state index in [1.807, 2.05) is 50.4 Å². The van der Waals surface area contributed by atoms with Crippen LogP contribution in [0, 0.1) is 13.8 Å². The van der Waals surface area contributed by atoms with E-state index in [9.17, 15) is 4.79 Å². The largest absolute Gasteiger partial charge is 0.325 e. The lowest BCUT2D eigenvalue weighted by atomic mass is 10.1. The van der Waals surface area contributed by atoms with Crippen molar-refractivity contribution in [1.29, 1.82) is 0 Å². The van der Waals surface area contributed by atoms with E-state index >= 15 is 0 Å². The monoisotopic (exact) mass is 326 g/mol. The molecule has 1 aromatic heterocycles. The summed E-state index contributed by atoms with van der Waals surface area (Å²) in [6.45, 7) is 4.11. The molecule has 0 aliphatic heterocycles. The van der Waals surface area contributed by atoms with Crippen molar-refractivity contribution < 1.29 is 9.36 Å². The Kier molecular flexibility index (Phi) is 4.39. The highest BCUT2D eigenvalue weighted by Gasteiger charge is 2.16. The number of nitrogens with zero attached hydrogens (tertiary/aromatic N) is 1. The molecule has 0 aliphatic rings. The molecule has 1 heterocycles. The number of fused-ring (bicyclic) bond motifs is 1. The van der Waals surface area contributed by atoms with Gasteiger partial charge >= 0.3 is 5.16 Å². The van der Waals surface area contributed by atoms with E-state index in [4.69, 9.17) is 0 Å². The third-order valence-electron chi connectivity index (χ3n) is 3.94. The standard InChI is InChI=1S/C18H19N3OS/c1-12-8-9-14(10-13(12)2)19-17(22)11-23-18-20-15-6-4-5-7-16(15)21(18)3/h4-10H,11H2,1-3H3,(H,19,22)/p+1. The molecule has 2 N–H and O–H groups in total. The first-order chi connectivity index (χ1) is 11.0. The second-order valence-corrected chi connectivity index (χ2v) is 6.61. The Bertz CT molecular complexity index is 870. The summed E-state index contributed by atoms with van der Waals surface area (Å²) in [6.07, 6.45) is 0. The van der Waals surface area contributed by atoms with Gasteiger partial charge in [-0.1, -0.05) is 18.2 Å². The molecule has 1 amide bonds. The minimum Gasteiger partial charge on any atom is -0.325 e. The maximum atomic E-state index is 12.2. The first-order valence-corrected chi connectivity index (χ1v) is 8.50. The molecule has 0 bridgehead atoms. The van der Waals surface area contributed by atoms with Crippen LogP contribution in [0.2, 0.25) is 0 Å². The van der Waals surface area contributed by atoms with Crippen LogP contribution < -0.4 is 9.88 Å². The fourth-order valence-electron chi connectivity index (χ4n) is 2.46. The first-order valence-electron chi connectivity index (χ1n) is 7.51. The van der Waals surface area contributed by atoms with E-state index in [0.29, 0.717) is 5.75 Å². The summed E-state index contributed by atoms with van der Waals surface area (Å²) in [4.78, 5) is 15.5. The highest BCUT2D eigenvalue weighted by Crippen LogP contribution is 2.18. The minimum absolute atomic E-state index is 0.00286. The van der Waals surface area contributed by atoms with E-state index in [1.54, 1.807) is 0 Å². The van der Waals surface area contributed by atoms with Crippen LogP contribution >= 0.6 is 11.8 Å². The fraction of sp³-hybridized carbons (Fsp3) is 0.222. The molecular formula is C18H20N3OS+. The Morgan fingerprint density at radius 1 is 1.17 bits per heavy atom. The Balaban J connectivity index is 1.66. The molecule has 0 radical (unpaired) electrons. The molecule has 0 aliphatic carbocycles. The quantitative estimate of drug-likeness (QED) is 0.571. The smallest absolute Gasteiger partial charge is 0.317 e. The number of aromatic amines is 1. The predicted octanol–water partition coefficient (Wildman–Crippen LogP) is 3.34. The fourth-order valence-corrected chi connectivity index (χ4v) is 3.28. The number of benzene rings is 2. The van der Waals surface area contributed by atoms with Gasteiger partial charge in [0.05, 0.1) is 12.8 Å². The molecule has 2 aromatic carbocycles. The molecule has 0 saturated heterocycles. The number of para-hydroxylation sites is 2. The number of nitrogens with one attached hydrogen (secondary N) is 2. The summed E-state index contributed by atoms with van der Waals surface area (Å²) in [5.74, 6) is 0.366. The van der Waals surface area contributed by atoms with Crippen molar-refractivity contribution in [3.05, 3.63) is 53.6 Å². The summed E-state index contributed by atoms with van der Waals surface area (Å²) in [5.41, 5.74) is 5.45. The van der Waals surface area contributed by atoms with Gasteiger partial charge in [0.25, 0.3) is 0 Å². The molecule has 4 nitrogen and oxygen atoms in total. The zero-order chi connectivity index (χ0) is 16.4. The van der Waals surface area contributed by atoms with E-state index in [2.05, 4.69) is 27.9 Å². The molecule has 0 saturated carbocycles. The number of hydrogen-bond acceptors (Lipinski definition) is 2. The van der Waals surface area contributed by atoms with Gasteiger partial charge < -0.3 is 5.32 Å². The lowest BCUT2D eigenvalue weighted by molar-refractivity contribution is -0.683. The number of H-pyrrole nitrogens is 1. The normalized spacial score (nSPS) is 10.9. The number of rotatable bonds is 4. The number of carbonyl (C=O) groups excluding carboxylic acids is 1. The number of amides is 1. The van der Waals surface area contributed by atoms with E-state index < -0.39 is 0 Å². The number of carbonyl (C=O) groups is 1. The third kappa shape index (κ3) is 3.40. The minimum atomic E-state index is -0.00286. The van der Waals surface area contributed by atoms with Crippen LogP contribution in [0.3, 0.4) is 0 Å². The van der Waals surface area contributed by atoms with Gasteiger partial charge in [0.15, 0.2) is 11.0 Å². The van der Waals surface area contributed by atoms with E-state index in [0.717, 1.165) is 21.9 Å². The number of anilines is 1. The summed E-state index contributed by atoms with van der Waals surface area (Å²) in [6, 6.07) is 14.1. The molecule has 118 valence electrons. The molecule has 3 rings (SSSR count). The van der Waals surface area contributed by atoms with Crippen molar-refractivity contribution in [3.8, 4) is 0 Å². The van der Waals surface area contributed by atoms with Crippen LogP contribution in [0.4, 0.5) is 5.69 Å². The molecule has 0 unspecified atom stereocenters. The maximum Gasteiger partial charge on any atom is 0.317 e. The Morgan fingerprint density at radius 3 is 2.70 bits per heavy atom. The van der Waals surface area contributed by atoms with Crippen LogP contribution in [0.25, 0.3) is 11.0 Å². The van der Waals surface area contributed by atoms with Crippen molar-refractivity contribution in [3.63, 3.8) is 0 Å².